The zero-order valence-corrected chi connectivity index (χ0v) is 79.4. The minimum absolute atomic E-state index is 0.816. The third-order valence-corrected chi connectivity index (χ3v) is 29.5. The predicted octanol–water partition coefficient (Wildman–Crippen LogP) is 40.5. The van der Waals surface area contributed by atoms with Gasteiger partial charge in [-0.1, -0.05) is 419 Å². The Morgan fingerprint density at radius 2 is 0.367 bits per heavy atom. The van der Waals surface area contributed by atoms with Crippen LogP contribution in [0, 0.1) is 0 Å². The summed E-state index contributed by atoms with van der Waals surface area (Å²) < 4.78 is 41.4. The van der Waals surface area contributed by atoms with E-state index in [2.05, 4.69) is 500 Å². The Bertz CT molecular complexity index is 10200. The smallest absolute Gasteiger partial charge is 0.160 e. The molecule has 0 spiro atoms. The lowest BCUT2D eigenvalue weighted by atomic mass is 9.97. The molecule has 0 amide bonds. The number of fused-ring (bicyclic) bond motifs is 30. The minimum atomic E-state index is 0.816. The van der Waals surface area contributed by atoms with Crippen LogP contribution in [-0.4, -0.2) is 0 Å². The molecule has 0 bridgehead atoms. The van der Waals surface area contributed by atoms with Gasteiger partial charge in [0.05, 0.1) is 34.1 Å². The SMILES string of the molecule is c1ccc(-c2ccc(N(c3cc4ccccc4c4c3oc3c(-c5ccccc5)cccc34)c3cc4ccccc4c4c3oc3c(-c5ccccc5)cccc34)cc2)cc1.c1ccc(-c2ccc(N(c3cccc4c3oc3ccc5ccccc5c34)c3cccc4c3oc3ccc5ccccc5c34)cc2)cc1.c1ccc(N(c2cc3ccccc3c3c2oc2ccccc23)c2cc3ccccc3c3c2oc2ccccc23)cc1. The topological polar surface area (TPSA) is 88.6 Å². The number of nitrogens with zero attached hydrogens (tertiary/aromatic N) is 3. The van der Waals surface area contributed by atoms with Crippen molar-refractivity contribution in [2.45, 2.75) is 0 Å². The summed E-state index contributed by atoms with van der Waals surface area (Å²) in [6.45, 7) is 0. The Balaban J connectivity index is 0.000000106. The molecule has 0 saturated heterocycles. The van der Waals surface area contributed by atoms with E-state index in [1.807, 2.05) is 30.3 Å². The average molecular weight is 1880 g/mol. The Kier molecular flexibility index (Phi) is 19.8. The number of furan rings is 6. The fourth-order valence-corrected chi connectivity index (χ4v) is 22.9. The molecule has 688 valence electrons. The van der Waals surface area contributed by atoms with Crippen LogP contribution in [0.2, 0.25) is 0 Å². The molecule has 31 aromatic rings. The Labute approximate surface area is 842 Å². The molecular weight excluding hydrogens is 1800 g/mol. The van der Waals surface area contributed by atoms with Crippen molar-refractivity contribution < 1.29 is 26.5 Å². The first-order chi connectivity index (χ1) is 72.9. The highest BCUT2D eigenvalue weighted by Gasteiger charge is 2.32. The van der Waals surface area contributed by atoms with Crippen LogP contribution in [0.3, 0.4) is 0 Å². The van der Waals surface area contributed by atoms with Crippen molar-refractivity contribution in [1.82, 2.24) is 0 Å². The molecule has 0 fully saturated rings. The van der Waals surface area contributed by atoms with Crippen LogP contribution in [0.25, 0.3) is 241 Å². The quantitative estimate of drug-likeness (QED) is 0.112. The van der Waals surface area contributed by atoms with Crippen LogP contribution < -0.4 is 14.7 Å². The van der Waals surface area contributed by atoms with Gasteiger partial charge in [-0.2, -0.15) is 0 Å². The summed E-state index contributed by atoms with van der Waals surface area (Å²) in [7, 11) is 0. The zero-order valence-electron chi connectivity index (χ0n) is 79.4. The highest BCUT2D eigenvalue weighted by atomic mass is 16.4. The first kappa shape index (κ1) is 84.2. The molecule has 6 heterocycles. The number of hydrogen-bond acceptors (Lipinski definition) is 9. The normalized spacial score (nSPS) is 11.8. The summed E-state index contributed by atoms with van der Waals surface area (Å²) >= 11 is 0. The summed E-state index contributed by atoms with van der Waals surface area (Å²) in [5.74, 6) is 0. The first-order valence-corrected chi connectivity index (χ1v) is 49.9. The number of hydrogen-bond donors (Lipinski definition) is 0. The highest BCUT2D eigenvalue weighted by molar-refractivity contribution is 6.31. The molecule has 0 atom stereocenters. The van der Waals surface area contributed by atoms with Crippen LogP contribution in [0.15, 0.2) is 542 Å². The Morgan fingerprint density at radius 1 is 0.122 bits per heavy atom. The Morgan fingerprint density at radius 3 is 0.728 bits per heavy atom. The highest BCUT2D eigenvalue weighted by Crippen LogP contribution is 2.56. The van der Waals surface area contributed by atoms with Gasteiger partial charge in [-0.25, -0.2) is 0 Å². The van der Waals surface area contributed by atoms with Gasteiger partial charge >= 0.3 is 0 Å². The zero-order chi connectivity index (χ0) is 96.7. The van der Waals surface area contributed by atoms with Crippen molar-refractivity contribution in [3.05, 3.63) is 516 Å². The summed E-state index contributed by atoms with van der Waals surface area (Å²) in [5.41, 5.74) is 28.0. The van der Waals surface area contributed by atoms with Gasteiger partial charge < -0.3 is 41.2 Å². The first-order valence-electron chi connectivity index (χ1n) is 49.9. The van der Waals surface area contributed by atoms with Crippen LogP contribution in [-0.2, 0) is 0 Å². The molecule has 147 heavy (non-hydrogen) atoms. The van der Waals surface area contributed by atoms with Gasteiger partial charge in [-0.05, 0) is 195 Å². The molecule has 0 unspecified atom stereocenters. The minimum Gasteiger partial charge on any atom is -0.454 e. The molecule has 9 heteroatoms. The molecule has 6 aromatic heterocycles. The molecule has 0 aliphatic heterocycles. The molecule has 0 saturated carbocycles. The standard InChI is InChI=1S/C56H35NO2.C44H27NO2.C38H23NO2/c1-4-16-36(17-5-1)37-30-32-42(33-31-37)57(49-34-40-22-10-12-24-43(40)51-47-28-14-26-45(53(47)58-55(49)51)38-18-6-2-7-19-38)50-35-41-23-11-13-25-44(41)52-48-29-15-27-46(54(48)59-56(50)52)39-20-8-3-9-21-39;1-2-10-28(11-3-1)29-20-24-32(25-21-29)45(37-18-8-16-35-41-33-14-6-4-12-30(33)22-26-39(41)46-43(35)37)38-19-9-17-36-42-34-15-7-5-13-31(34)23-27-40(42)47-44(36)38;1-2-14-26(15-3-1)39(31-22-24-12-4-6-16-27(24)35-29-18-8-10-20-33(29)40-37(31)35)32-23-25-13-5-7-17-28(25)36-30-19-9-11-21-34(30)41-38(32)36/h1-35H;1-27H;1-23H. The van der Waals surface area contributed by atoms with Crippen molar-refractivity contribution in [1.29, 1.82) is 0 Å². The second-order valence-electron chi connectivity index (χ2n) is 37.8. The van der Waals surface area contributed by atoms with E-state index in [9.17, 15) is 0 Å². The van der Waals surface area contributed by atoms with Gasteiger partial charge in [0.2, 0.25) is 0 Å². The summed E-state index contributed by atoms with van der Waals surface area (Å²) in [4.78, 5) is 6.94. The molecule has 0 aliphatic rings. The van der Waals surface area contributed by atoms with E-state index < -0.39 is 0 Å². The van der Waals surface area contributed by atoms with Crippen LogP contribution in [0.1, 0.15) is 0 Å². The number of para-hydroxylation sites is 7. The van der Waals surface area contributed by atoms with E-state index in [-0.39, 0.29) is 0 Å². The maximum Gasteiger partial charge on any atom is 0.160 e. The van der Waals surface area contributed by atoms with E-state index in [4.69, 9.17) is 26.5 Å². The van der Waals surface area contributed by atoms with Crippen molar-refractivity contribution in [3.8, 4) is 44.5 Å². The maximum atomic E-state index is 7.26. The van der Waals surface area contributed by atoms with Gasteiger partial charge in [0, 0.05) is 92.8 Å². The van der Waals surface area contributed by atoms with Gasteiger partial charge in [-0.3, -0.25) is 0 Å². The fourth-order valence-electron chi connectivity index (χ4n) is 22.9. The van der Waals surface area contributed by atoms with Gasteiger partial charge in [-0.15, -0.1) is 0 Å². The molecule has 0 aliphatic carbocycles. The third-order valence-electron chi connectivity index (χ3n) is 29.5. The van der Waals surface area contributed by atoms with E-state index in [0.29, 0.717) is 0 Å². The largest absolute Gasteiger partial charge is 0.454 e. The van der Waals surface area contributed by atoms with Crippen LogP contribution in [0.5, 0.6) is 0 Å². The van der Waals surface area contributed by atoms with Crippen LogP contribution in [0.4, 0.5) is 51.2 Å². The number of benzene rings is 25. The van der Waals surface area contributed by atoms with Crippen molar-refractivity contribution >= 4 is 247 Å². The van der Waals surface area contributed by atoms with E-state index in [0.717, 1.165) is 249 Å². The molecule has 31 rings (SSSR count). The van der Waals surface area contributed by atoms with E-state index in [1.54, 1.807) is 0 Å². The molecular formula is C138H85N3O6. The number of rotatable bonds is 13. The van der Waals surface area contributed by atoms with Crippen molar-refractivity contribution in [2.75, 3.05) is 14.7 Å². The van der Waals surface area contributed by atoms with Gasteiger partial charge in [0.1, 0.15) is 33.5 Å². The lowest BCUT2D eigenvalue weighted by Gasteiger charge is -2.27. The monoisotopic (exact) mass is 1880 g/mol. The van der Waals surface area contributed by atoms with E-state index >= 15 is 0 Å². The van der Waals surface area contributed by atoms with Crippen molar-refractivity contribution in [2.24, 2.45) is 0 Å². The molecule has 0 radical (unpaired) electrons. The van der Waals surface area contributed by atoms with Crippen molar-refractivity contribution in [3.63, 3.8) is 0 Å². The predicted molar refractivity (Wildman–Crippen MR) is 614 cm³/mol. The summed E-state index contributed by atoms with van der Waals surface area (Å²) in [5, 5.41) is 27.2. The average Bonchev–Trinajstić information content (AvgIpc) is 1.57. The van der Waals surface area contributed by atoms with E-state index in [1.165, 1.54) is 43.4 Å². The lowest BCUT2D eigenvalue weighted by Crippen LogP contribution is -2.11. The lowest BCUT2D eigenvalue weighted by molar-refractivity contribution is 0.666. The second-order valence-corrected chi connectivity index (χ2v) is 37.8. The third kappa shape index (κ3) is 13.9. The fraction of sp³-hybridized carbons (Fsp3) is 0. The second kappa shape index (κ2) is 34.6. The molecule has 25 aromatic carbocycles. The van der Waals surface area contributed by atoms with Gasteiger partial charge in [0.15, 0.2) is 33.5 Å². The summed E-state index contributed by atoms with van der Waals surface area (Å²) in [6, 6.07) is 182. The van der Waals surface area contributed by atoms with Gasteiger partial charge in [0.25, 0.3) is 0 Å². The number of anilines is 9. The molecule has 0 N–H and O–H groups in total. The Hall–Kier alpha value is -19.7. The molecule has 9 nitrogen and oxygen atoms in total. The summed E-state index contributed by atoms with van der Waals surface area (Å²) in [6.07, 6.45) is 0. The van der Waals surface area contributed by atoms with Crippen LogP contribution >= 0.6 is 0 Å². The maximum absolute atomic E-state index is 7.26.